The first-order chi connectivity index (χ1) is 9.29. The molecular formula is C16H16N2O. The molecule has 0 spiro atoms. The van der Waals surface area contributed by atoms with Crippen LogP contribution in [0.15, 0.2) is 54.7 Å². The highest BCUT2D eigenvalue weighted by molar-refractivity contribution is 5.83. The first-order valence-electron chi connectivity index (χ1n) is 6.48. The van der Waals surface area contributed by atoms with E-state index >= 15 is 0 Å². The van der Waals surface area contributed by atoms with Gasteiger partial charge in [0.25, 0.3) is 0 Å². The van der Waals surface area contributed by atoms with Crippen LogP contribution in [0.1, 0.15) is 24.3 Å². The summed E-state index contributed by atoms with van der Waals surface area (Å²) in [6.45, 7) is 2.77. The summed E-state index contributed by atoms with van der Waals surface area (Å²) in [5.41, 5.74) is 1.73. The maximum Gasteiger partial charge on any atom is 0.121 e. The van der Waals surface area contributed by atoms with Gasteiger partial charge in [0.05, 0.1) is 5.69 Å². The minimum Gasteiger partial charge on any atom is -0.382 e. The highest BCUT2D eigenvalue weighted by Crippen LogP contribution is 2.25. The molecule has 19 heavy (non-hydrogen) atoms. The summed E-state index contributed by atoms with van der Waals surface area (Å²) in [4.78, 5) is 0. The SMILES string of the molecule is CCn1nccc1C(O)c1ccc2ccccc2c1. The van der Waals surface area contributed by atoms with Crippen molar-refractivity contribution in [3.05, 3.63) is 66.0 Å². The van der Waals surface area contributed by atoms with Crippen molar-refractivity contribution in [3.63, 3.8) is 0 Å². The fourth-order valence-corrected chi connectivity index (χ4v) is 2.39. The van der Waals surface area contributed by atoms with Gasteiger partial charge < -0.3 is 5.11 Å². The lowest BCUT2D eigenvalue weighted by Crippen LogP contribution is -2.08. The minimum absolute atomic E-state index is 0.632. The van der Waals surface area contributed by atoms with Crippen LogP contribution in [-0.2, 0) is 6.54 Å². The first kappa shape index (κ1) is 11.9. The molecule has 0 bridgehead atoms. The van der Waals surface area contributed by atoms with E-state index in [1.54, 1.807) is 6.20 Å². The molecule has 3 rings (SSSR count). The van der Waals surface area contributed by atoms with Gasteiger partial charge in [0, 0.05) is 12.7 Å². The lowest BCUT2D eigenvalue weighted by Gasteiger charge is -2.13. The van der Waals surface area contributed by atoms with Gasteiger partial charge in [0.1, 0.15) is 6.10 Å². The molecule has 0 saturated heterocycles. The average Bonchev–Trinajstić information content (AvgIpc) is 2.94. The molecule has 96 valence electrons. The number of nitrogens with zero attached hydrogens (tertiary/aromatic N) is 2. The summed E-state index contributed by atoms with van der Waals surface area (Å²) in [6.07, 6.45) is 1.09. The Bertz CT molecular complexity index is 703. The fourth-order valence-electron chi connectivity index (χ4n) is 2.39. The number of hydrogen-bond acceptors (Lipinski definition) is 2. The number of aryl methyl sites for hydroxylation is 1. The molecule has 0 saturated carbocycles. The van der Waals surface area contributed by atoms with Crippen molar-refractivity contribution in [2.45, 2.75) is 19.6 Å². The average molecular weight is 252 g/mol. The van der Waals surface area contributed by atoms with Crippen LogP contribution in [0.25, 0.3) is 10.8 Å². The summed E-state index contributed by atoms with van der Waals surface area (Å²) in [5, 5.41) is 17.0. The van der Waals surface area contributed by atoms with E-state index in [0.29, 0.717) is 0 Å². The lowest BCUT2D eigenvalue weighted by molar-refractivity contribution is 0.208. The van der Waals surface area contributed by atoms with Crippen LogP contribution in [0.3, 0.4) is 0 Å². The first-order valence-corrected chi connectivity index (χ1v) is 6.48. The highest BCUT2D eigenvalue weighted by Gasteiger charge is 2.14. The molecule has 2 aromatic carbocycles. The van der Waals surface area contributed by atoms with Gasteiger partial charge in [-0.15, -0.1) is 0 Å². The Morgan fingerprint density at radius 1 is 1.11 bits per heavy atom. The number of aliphatic hydroxyl groups excluding tert-OH is 1. The van der Waals surface area contributed by atoms with Gasteiger partial charge in [-0.25, -0.2) is 0 Å². The molecule has 3 nitrogen and oxygen atoms in total. The monoisotopic (exact) mass is 252 g/mol. The highest BCUT2D eigenvalue weighted by atomic mass is 16.3. The standard InChI is InChI=1S/C16H16N2O/c1-2-18-15(9-10-17-18)16(19)14-8-7-12-5-3-4-6-13(12)11-14/h3-11,16,19H,2H2,1H3. The van der Waals surface area contributed by atoms with Crippen molar-refractivity contribution in [3.8, 4) is 0 Å². The predicted molar refractivity (Wildman–Crippen MR) is 75.9 cm³/mol. The Balaban J connectivity index is 2.04. The summed E-state index contributed by atoms with van der Waals surface area (Å²) >= 11 is 0. The van der Waals surface area contributed by atoms with Gasteiger partial charge in [-0.2, -0.15) is 5.10 Å². The topological polar surface area (TPSA) is 38.0 Å². The van der Waals surface area contributed by atoms with E-state index in [1.807, 2.05) is 48.0 Å². The number of aliphatic hydroxyl groups is 1. The molecule has 0 aliphatic heterocycles. The maximum atomic E-state index is 10.5. The largest absolute Gasteiger partial charge is 0.382 e. The maximum absolute atomic E-state index is 10.5. The van der Waals surface area contributed by atoms with Crippen LogP contribution < -0.4 is 0 Å². The number of fused-ring (bicyclic) bond motifs is 1. The molecule has 1 atom stereocenters. The van der Waals surface area contributed by atoms with E-state index < -0.39 is 6.10 Å². The second-order valence-corrected chi connectivity index (χ2v) is 4.58. The molecule has 0 fully saturated rings. The van der Waals surface area contributed by atoms with Gasteiger partial charge in [0.15, 0.2) is 0 Å². The van der Waals surface area contributed by atoms with Crippen LogP contribution in [0.2, 0.25) is 0 Å². The van der Waals surface area contributed by atoms with Gasteiger partial charge in [-0.1, -0.05) is 36.4 Å². The molecule has 3 heteroatoms. The third-order valence-corrected chi connectivity index (χ3v) is 3.42. The van der Waals surface area contributed by atoms with Crippen LogP contribution in [-0.4, -0.2) is 14.9 Å². The molecular weight excluding hydrogens is 236 g/mol. The van der Waals surface area contributed by atoms with E-state index in [9.17, 15) is 5.11 Å². The predicted octanol–water partition coefficient (Wildman–Crippen LogP) is 3.14. The zero-order chi connectivity index (χ0) is 13.2. The number of aromatic nitrogens is 2. The van der Waals surface area contributed by atoms with Gasteiger partial charge >= 0.3 is 0 Å². The molecule has 1 heterocycles. The summed E-state index contributed by atoms with van der Waals surface area (Å²) in [6, 6.07) is 16.1. The third-order valence-electron chi connectivity index (χ3n) is 3.42. The summed E-state index contributed by atoms with van der Waals surface area (Å²) < 4.78 is 1.82. The zero-order valence-electron chi connectivity index (χ0n) is 10.8. The fraction of sp³-hybridized carbons (Fsp3) is 0.188. The lowest BCUT2D eigenvalue weighted by atomic mass is 10.0. The molecule has 0 aliphatic rings. The van der Waals surface area contributed by atoms with E-state index in [4.69, 9.17) is 0 Å². The minimum atomic E-state index is -0.632. The van der Waals surface area contributed by atoms with Crippen molar-refractivity contribution in [2.24, 2.45) is 0 Å². The normalized spacial score (nSPS) is 12.7. The molecule has 3 aromatic rings. The van der Waals surface area contributed by atoms with E-state index in [2.05, 4.69) is 17.2 Å². The van der Waals surface area contributed by atoms with Gasteiger partial charge in [-0.3, -0.25) is 4.68 Å². The Morgan fingerprint density at radius 3 is 2.68 bits per heavy atom. The molecule has 1 N–H and O–H groups in total. The van der Waals surface area contributed by atoms with Crippen molar-refractivity contribution in [1.29, 1.82) is 0 Å². The van der Waals surface area contributed by atoms with Crippen LogP contribution >= 0.6 is 0 Å². The van der Waals surface area contributed by atoms with Gasteiger partial charge in [-0.05, 0) is 35.4 Å². The number of rotatable bonds is 3. The Hall–Kier alpha value is -2.13. The van der Waals surface area contributed by atoms with Crippen LogP contribution in [0.5, 0.6) is 0 Å². The Morgan fingerprint density at radius 2 is 1.89 bits per heavy atom. The molecule has 1 aromatic heterocycles. The van der Waals surface area contributed by atoms with Crippen LogP contribution in [0.4, 0.5) is 0 Å². The molecule has 0 aliphatic carbocycles. The van der Waals surface area contributed by atoms with Crippen molar-refractivity contribution < 1.29 is 5.11 Å². The zero-order valence-corrected chi connectivity index (χ0v) is 10.8. The summed E-state index contributed by atoms with van der Waals surface area (Å²) in [7, 11) is 0. The quantitative estimate of drug-likeness (QED) is 0.777. The summed E-state index contributed by atoms with van der Waals surface area (Å²) in [5.74, 6) is 0. The van der Waals surface area contributed by atoms with Crippen LogP contribution in [0, 0.1) is 0 Å². The Labute approximate surface area is 112 Å². The van der Waals surface area contributed by atoms with Crippen molar-refractivity contribution in [1.82, 2.24) is 9.78 Å². The number of benzene rings is 2. The third kappa shape index (κ3) is 2.13. The van der Waals surface area contributed by atoms with E-state index in [1.165, 1.54) is 5.39 Å². The second kappa shape index (κ2) is 4.86. The van der Waals surface area contributed by atoms with E-state index in [-0.39, 0.29) is 0 Å². The second-order valence-electron chi connectivity index (χ2n) is 4.58. The van der Waals surface area contributed by atoms with Crippen molar-refractivity contribution >= 4 is 10.8 Å². The molecule has 0 amide bonds. The van der Waals surface area contributed by atoms with Crippen molar-refractivity contribution in [2.75, 3.05) is 0 Å². The van der Waals surface area contributed by atoms with Gasteiger partial charge in [0.2, 0.25) is 0 Å². The smallest absolute Gasteiger partial charge is 0.121 e. The Kier molecular flexibility index (Phi) is 3.05. The molecule has 0 radical (unpaired) electrons. The number of hydrogen-bond donors (Lipinski definition) is 1. The van der Waals surface area contributed by atoms with E-state index in [0.717, 1.165) is 23.2 Å². The molecule has 1 unspecified atom stereocenters.